The van der Waals surface area contributed by atoms with Crippen LogP contribution in [-0.4, -0.2) is 112 Å². The van der Waals surface area contributed by atoms with Crippen LogP contribution in [0.4, 0.5) is 13.2 Å². The number of carbonyl (C=O) groups is 6. The molecule has 0 aromatic heterocycles. The number of aliphatic carboxylic acids is 1. The fourth-order valence-electron chi connectivity index (χ4n) is 4.55. The van der Waals surface area contributed by atoms with E-state index in [4.69, 9.17) is 18.9 Å². The van der Waals surface area contributed by atoms with Gasteiger partial charge in [0, 0.05) is 38.5 Å². The van der Waals surface area contributed by atoms with Gasteiger partial charge in [-0.25, -0.2) is 4.79 Å². The Morgan fingerprint density at radius 2 is 1.37 bits per heavy atom. The highest BCUT2D eigenvalue weighted by molar-refractivity contribution is 5.86. The van der Waals surface area contributed by atoms with Crippen LogP contribution in [0, 0.1) is 5.92 Å². The third kappa shape index (κ3) is 22.8. The first-order chi connectivity index (χ1) is 24.7. The summed E-state index contributed by atoms with van der Waals surface area (Å²) in [6, 6.07) is 3.02. The van der Waals surface area contributed by atoms with Gasteiger partial charge in [-0.1, -0.05) is 31.5 Å². The number of nitrogens with one attached hydrogen (secondary N) is 3. The van der Waals surface area contributed by atoms with Gasteiger partial charge in [0.2, 0.25) is 17.7 Å². The number of ketones is 2. The van der Waals surface area contributed by atoms with E-state index in [9.17, 15) is 47.0 Å². The third-order valence-corrected chi connectivity index (χ3v) is 7.60. The number of unbranched alkanes of at least 4 members (excludes halogenated alkanes) is 1. The Bertz CT molecular complexity index is 1260. The number of amides is 3. The second-order valence-electron chi connectivity index (χ2n) is 12.0. The van der Waals surface area contributed by atoms with Gasteiger partial charge in [0.1, 0.15) is 25.0 Å². The predicted molar refractivity (Wildman–Crippen MR) is 181 cm³/mol. The zero-order valence-electron chi connectivity index (χ0n) is 29.9. The number of alkyl halides is 3. The van der Waals surface area contributed by atoms with E-state index in [2.05, 4.69) is 16.0 Å². The van der Waals surface area contributed by atoms with Crippen molar-refractivity contribution in [2.24, 2.45) is 5.92 Å². The fraction of sp³-hybridized carbons (Fsp3) is 0.657. The molecule has 1 aromatic rings. The second kappa shape index (κ2) is 26.8. The molecule has 0 spiro atoms. The molecule has 17 heteroatoms. The molecule has 1 aromatic carbocycles. The largest absolute Gasteiger partial charge is 0.480 e. The zero-order chi connectivity index (χ0) is 38.8. The van der Waals surface area contributed by atoms with E-state index in [0.29, 0.717) is 19.6 Å². The molecule has 0 saturated heterocycles. The topological polar surface area (TPSA) is 196 Å². The smallest absolute Gasteiger partial charge is 0.416 e. The number of carbonyl (C=O) groups excluding carboxylic acids is 5. The summed E-state index contributed by atoms with van der Waals surface area (Å²) in [5.74, 6) is -2.98. The summed E-state index contributed by atoms with van der Waals surface area (Å²) in [6.07, 6.45) is -2.66. The molecule has 0 aliphatic heterocycles. The van der Waals surface area contributed by atoms with Gasteiger partial charge in [-0.2, -0.15) is 13.2 Å². The first kappa shape index (κ1) is 46.1. The number of carboxylic acids is 1. The van der Waals surface area contributed by atoms with E-state index in [1.54, 1.807) is 6.92 Å². The van der Waals surface area contributed by atoms with Crippen molar-refractivity contribution in [3.8, 4) is 0 Å². The lowest BCUT2D eigenvalue weighted by Gasteiger charge is -2.16. The van der Waals surface area contributed by atoms with Crippen molar-refractivity contribution < 1.29 is 66.0 Å². The lowest BCUT2D eigenvalue weighted by Crippen LogP contribution is -2.42. The molecule has 0 bridgehead atoms. The maximum absolute atomic E-state index is 13.2. The SMILES string of the molecule is CC(=O)[C@@H](C)CCCCNC(=O)COCCOCCCC(=O)COCCOCCNC(=O)CC[C@H](NC(=O)Cc1ccccc1C(F)(F)F)C(=O)O. The molecule has 1 rings (SSSR count). The number of benzene rings is 1. The van der Waals surface area contributed by atoms with Gasteiger partial charge >= 0.3 is 12.1 Å². The Hall–Kier alpha value is -3.93. The second-order valence-corrected chi connectivity index (χ2v) is 12.0. The van der Waals surface area contributed by atoms with Crippen molar-refractivity contribution in [3.63, 3.8) is 0 Å². The summed E-state index contributed by atoms with van der Waals surface area (Å²) < 4.78 is 60.8. The van der Waals surface area contributed by atoms with E-state index in [0.717, 1.165) is 31.4 Å². The van der Waals surface area contributed by atoms with Gasteiger partial charge in [0.05, 0.1) is 45.0 Å². The normalized spacial score (nSPS) is 12.5. The van der Waals surface area contributed by atoms with Crippen molar-refractivity contribution in [2.45, 2.75) is 77.4 Å². The number of ether oxygens (including phenoxy) is 4. The maximum Gasteiger partial charge on any atom is 0.416 e. The Morgan fingerprint density at radius 1 is 0.731 bits per heavy atom. The Morgan fingerprint density at radius 3 is 2.04 bits per heavy atom. The molecule has 0 radical (unpaired) electrons. The number of hydrogen-bond donors (Lipinski definition) is 4. The van der Waals surface area contributed by atoms with Gasteiger partial charge in [-0.05, 0) is 44.2 Å². The molecule has 0 fully saturated rings. The lowest BCUT2D eigenvalue weighted by atomic mass is 10.0. The number of Topliss-reactive ketones (excluding diaryl/α,β-unsaturated/α-hetero) is 2. The van der Waals surface area contributed by atoms with Crippen LogP contribution in [0.1, 0.15) is 69.9 Å². The molecule has 0 heterocycles. The van der Waals surface area contributed by atoms with Crippen molar-refractivity contribution in [2.75, 3.05) is 65.9 Å². The van der Waals surface area contributed by atoms with E-state index in [1.807, 2.05) is 6.92 Å². The molecular formula is C35H52F3N3O11. The lowest BCUT2D eigenvalue weighted by molar-refractivity contribution is -0.142. The highest BCUT2D eigenvalue weighted by Gasteiger charge is 2.33. The minimum Gasteiger partial charge on any atom is -0.480 e. The average Bonchev–Trinajstić information content (AvgIpc) is 3.08. The fourth-order valence-corrected chi connectivity index (χ4v) is 4.55. The number of halogens is 3. The van der Waals surface area contributed by atoms with Crippen molar-refractivity contribution in [3.05, 3.63) is 35.4 Å². The van der Waals surface area contributed by atoms with Crippen LogP contribution in [0.5, 0.6) is 0 Å². The van der Waals surface area contributed by atoms with Crippen LogP contribution >= 0.6 is 0 Å². The van der Waals surface area contributed by atoms with Crippen LogP contribution in [0.25, 0.3) is 0 Å². The minimum absolute atomic E-state index is 0.0396. The third-order valence-electron chi connectivity index (χ3n) is 7.60. The first-order valence-corrected chi connectivity index (χ1v) is 17.2. The summed E-state index contributed by atoms with van der Waals surface area (Å²) in [5.41, 5.74) is -1.29. The Balaban J connectivity index is 2.02. The molecular weight excluding hydrogens is 695 g/mol. The quantitative estimate of drug-likeness (QED) is 0.0846. The molecule has 2 atom stereocenters. The molecule has 294 valence electrons. The van der Waals surface area contributed by atoms with Crippen LogP contribution in [0.15, 0.2) is 24.3 Å². The number of rotatable bonds is 30. The minimum atomic E-state index is -4.67. The number of carboxylic acid groups (broad SMARTS) is 1. The molecule has 0 saturated carbocycles. The van der Waals surface area contributed by atoms with Crippen LogP contribution < -0.4 is 16.0 Å². The van der Waals surface area contributed by atoms with Crippen LogP contribution in [0.2, 0.25) is 0 Å². The van der Waals surface area contributed by atoms with Crippen molar-refractivity contribution in [1.29, 1.82) is 0 Å². The van der Waals surface area contributed by atoms with Gasteiger partial charge in [0.15, 0.2) is 5.78 Å². The van der Waals surface area contributed by atoms with E-state index in [1.165, 1.54) is 12.1 Å². The molecule has 0 aliphatic rings. The zero-order valence-corrected chi connectivity index (χ0v) is 29.9. The molecule has 0 unspecified atom stereocenters. The summed E-state index contributed by atoms with van der Waals surface area (Å²) in [6.45, 7) is 5.25. The molecule has 0 aliphatic carbocycles. The maximum atomic E-state index is 13.2. The van der Waals surface area contributed by atoms with E-state index >= 15 is 0 Å². The molecule has 4 N–H and O–H groups in total. The predicted octanol–water partition coefficient (Wildman–Crippen LogP) is 2.64. The first-order valence-electron chi connectivity index (χ1n) is 17.2. The standard InChI is InChI=1S/C35H52F3N3O11/c1-25(26(2)42)8-5-6-14-39-33(46)24-52-21-18-49-16-7-10-28(43)23-51-20-19-50-17-15-40-31(44)13-12-30(34(47)48)41-32(45)22-27-9-3-4-11-29(27)35(36,37)38/h3-4,9,11,25,30H,5-8,10,12-24H2,1-2H3,(H,39,46)(H,40,44)(H,41,45)(H,47,48)/t25-,30-/m0/s1. The Labute approximate surface area is 301 Å². The summed E-state index contributed by atoms with van der Waals surface area (Å²) in [7, 11) is 0. The molecule has 14 nitrogen and oxygen atoms in total. The van der Waals surface area contributed by atoms with Crippen LogP contribution in [0.3, 0.4) is 0 Å². The van der Waals surface area contributed by atoms with Crippen molar-refractivity contribution in [1.82, 2.24) is 16.0 Å². The monoisotopic (exact) mass is 747 g/mol. The van der Waals surface area contributed by atoms with Gasteiger partial charge in [-0.15, -0.1) is 0 Å². The molecule has 52 heavy (non-hydrogen) atoms. The van der Waals surface area contributed by atoms with E-state index in [-0.39, 0.29) is 101 Å². The van der Waals surface area contributed by atoms with Crippen molar-refractivity contribution >= 4 is 35.3 Å². The highest BCUT2D eigenvalue weighted by atomic mass is 19.4. The summed E-state index contributed by atoms with van der Waals surface area (Å²) in [4.78, 5) is 70.8. The van der Waals surface area contributed by atoms with Gasteiger partial charge in [0.25, 0.3) is 0 Å². The van der Waals surface area contributed by atoms with Crippen LogP contribution in [-0.2, 0) is 60.3 Å². The number of hydrogen-bond acceptors (Lipinski definition) is 10. The molecule has 3 amide bonds. The van der Waals surface area contributed by atoms with E-state index < -0.39 is 42.0 Å². The summed E-state index contributed by atoms with van der Waals surface area (Å²) >= 11 is 0. The van der Waals surface area contributed by atoms with Gasteiger partial charge in [-0.3, -0.25) is 24.0 Å². The van der Waals surface area contributed by atoms with Gasteiger partial charge < -0.3 is 40.0 Å². The highest BCUT2D eigenvalue weighted by Crippen LogP contribution is 2.32. The average molecular weight is 748 g/mol. The summed E-state index contributed by atoms with van der Waals surface area (Å²) in [5, 5.41) is 16.8. The Kier molecular flexibility index (Phi) is 23.7.